The molecule has 144 valence electrons. The largest absolute Gasteiger partial charge is 0.417 e. The molecule has 1 aromatic carbocycles. The maximum atomic E-state index is 14.2. The van der Waals surface area contributed by atoms with Crippen LogP contribution in [0.1, 0.15) is 44.8 Å². The van der Waals surface area contributed by atoms with Gasteiger partial charge in [-0.1, -0.05) is 0 Å². The van der Waals surface area contributed by atoms with Crippen LogP contribution in [0.4, 0.5) is 22.0 Å². The zero-order chi connectivity index (χ0) is 20.2. The number of nitrogens with zero attached hydrogens (tertiary/aromatic N) is 1. The van der Waals surface area contributed by atoms with Gasteiger partial charge < -0.3 is 0 Å². The lowest BCUT2D eigenvalue weighted by atomic mass is 9.80. The van der Waals surface area contributed by atoms with Crippen molar-refractivity contribution in [2.24, 2.45) is 5.92 Å². The molecule has 0 unspecified atom stereocenters. The number of halogens is 5. The van der Waals surface area contributed by atoms with Crippen LogP contribution in [0.25, 0.3) is 0 Å². The van der Waals surface area contributed by atoms with Gasteiger partial charge in [0, 0.05) is 41.1 Å². The zero-order valence-corrected chi connectivity index (χ0v) is 14.2. The predicted molar refractivity (Wildman–Crippen MR) is 87.7 cm³/mol. The van der Waals surface area contributed by atoms with Gasteiger partial charge >= 0.3 is 6.18 Å². The summed E-state index contributed by atoms with van der Waals surface area (Å²) in [6.07, 6.45) is -2.79. The Bertz CT molecular complexity index is 1030. The van der Waals surface area contributed by atoms with Crippen LogP contribution in [0.5, 0.6) is 0 Å². The van der Waals surface area contributed by atoms with Gasteiger partial charge in [-0.15, -0.1) is 0 Å². The highest BCUT2D eigenvalue weighted by atomic mass is 19.4. The van der Waals surface area contributed by atoms with Gasteiger partial charge in [0.2, 0.25) is 0 Å². The molecule has 0 atom stereocenters. The van der Waals surface area contributed by atoms with Crippen molar-refractivity contribution in [3.63, 3.8) is 0 Å². The fourth-order valence-corrected chi connectivity index (χ4v) is 3.40. The average molecular weight is 393 g/mol. The van der Waals surface area contributed by atoms with Gasteiger partial charge in [-0.3, -0.25) is 14.6 Å². The number of hydrogen-bond donors (Lipinski definition) is 0. The third-order valence-electron chi connectivity index (χ3n) is 4.87. The summed E-state index contributed by atoms with van der Waals surface area (Å²) in [5.74, 6) is -3.66. The Morgan fingerprint density at radius 3 is 2.32 bits per heavy atom. The van der Waals surface area contributed by atoms with E-state index in [0.717, 1.165) is 18.2 Å². The predicted octanol–water partition coefficient (Wildman–Crippen LogP) is 4.71. The number of Topliss-reactive ketones (excluding diaryl/α,β-unsaturated/α-hetero) is 2. The first kappa shape index (κ1) is 18.5. The molecule has 0 radical (unpaired) electrons. The molecule has 0 N–H and O–H groups in total. The van der Waals surface area contributed by atoms with E-state index < -0.39 is 40.5 Å². The number of carbonyl (C=O) groups excluding carboxylic acids is 2. The van der Waals surface area contributed by atoms with Crippen molar-refractivity contribution in [1.29, 1.82) is 0 Å². The lowest BCUT2D eigenvalue weighted by Gasteiger charge is -2.21. The summed E-state index contributed by atoms with van der Waals surface area (Å²) in [6.45, 7) is 0. The van der Waals surface area contributed by atoms with E-state index in [4.69, 9.17) is 0 Å². The molecule has 0 spiro atoms. The van der Waals surface area contributed by atoms with Crippen molar-refractivity contribution in [3.8, 4) is 0 Å². The molecule has 0 aliphatic heterocycles. The molecule has 2 aliphatic rings. The second-order valence-electron chi connectivity index (χ2n) is 6.85. The van der Waals surface area contributed by atoms with E-state index in [1.165, 1.54) is 0 Å². The van der Waals surface area contributed by atoms with Crippen molar-refractivity contribution in [1.82, 2.24) is 4.98 Å². The molecule has 1 saturated carbocycles. The zero-order valence-electron chi connectivity index (χ0n) is 14.2. The standard InChI is InChI=1S/C20H12F5NO2/c21-11-5-13-17(15(22)6-11)19(28)14(16(18(13)27)9-1-2-9)7-12-4-3-10(8-26-12)20(23,24)25/h3-6,8-9H,1-2,7H2. The Kier molecular flexibility index (Phi) is 4.17. The molecule has 1 aromatic heterocycles. The topological polar surface area (TPSA) is 47.0 Å². The number of rotatable bonds is 3. The molecule has 28 heavy (non-hydrogen) atoms. The van der Waals surface area contributed by atoms with Gasteiger partial charge in [0.15, 0.2) is 11.6 Å². The van der Waals surface area contributed by atoms with Gasteiger partial charge in [-0.25, -0.2) is 8.78 Å². The molecular formula is C20H12F5NO2. The maximum absolute atomic E-state index is 14.2. The molecule has 2 aromatic rings. The van der Waals surface area contributed by atoms with E-state index in [9.17, 15) is 31.5 Å². The average Bonchev–Trinajstić information content (AvgIpc) is 3.43. The van der Waals surface area contributed by atoms with E-state index in [-0.39, 0.29) is 34.7 Å². The first-order valence-electron chi connectivity index (χ1n) is 8.50. The first-order valence-corrected chi connectivity index (χ1v) is 8.50. The summed E-state index contributed by atoms with van der Waals surface area (Å²) >= 11 is 0. The monoisotopic (exact) mass is 393 g/mol. The summed E-state index contributed by atoms with van der Waals surface area (Å²) in [5, 5.41) is 0. The number of alkyl halides is 3. The van der Waals surface area contributed by atoms with Crippen LogP contribution in [0.2, 0.25) is 0 Å². The number of benzene rings is 1. The summed E-state index contributed by atoms with van der Waals surface area (Å²) in [6, 6.07) is 3.32. The van der Waals surface area contributed by atoms with Crippen LogP contribution in [0, 0.1) is 17.6 Å². The first-order chi connectivity index (χ1) is 13.2. The third kappa shape index (κ3) is 3.12. The lowest BCUT2D eigenvalue weighted by Crippen LogP contribution is -2.26. The fraction of sp³-hybridized carbons (Fsp3) is 0.250. The number of ketones is 2. The second-order valence-corrected chi connectivity index (χ2v) is 6.85. The molecule has 4 rings (SSSR count). The molecule has 0 amide bonds. The molecule has 0 bridgehead atoms. The molecule has 2 aliphatic carbocycles. The van der Waals surface area contributed by atoms with Crippen LogP contribution in [-0.2, 0) is 12.6 Å². The Labute approximate surface area is 155 Å². The highest BCUT2D eigenvalue weighted by molar-refractivity contribution is 6.27. The number of allylic oxidation sites excluding steroid dienone is 2. The minimum atomic E-state index is -4.55. The fourth-order valence-electron chi connectivity index (χ4n) is 3.40. The molecule has 0 saturated heterocycles. The van der Waals surface area contributed by atoms with E-state index >= 15 is 0 Å². The molecule has 3 nitrogen and oxygen atoms in total. The highest BCUT2D eigenvalue weighted by Gasteiger charge is 2.41. The minimum Gasteiger partial charge on any atom is -0.289 e. The van der Waals surface area contributed by atoms with Crippen LogP contribution in [0.3, 0.4) is 0 Å². The van der Waals surface area contributed by atoms with Gasteiger partial charge in [-0.2, -0.15) is 13.2 Å². The number of fused-ring (bicyclic) bond motifs is 1. The van der Waals surface area contributed by atoms with Gasteiger partial charge in [0.1, 0.15) is 11.6 Å². The van der Waals surface area contributed by atoms with Gasteiger partial charge in [0.05, 0.1) is 11.1 Å². The Balaban J connectivity index is 1.77. The summed E-state index contributed by atoms with van der Waals surface area (Å²) in [4.78, 5) is 29.4. The van der Waals surface area contributed by atoms with Crippen LogP contribution < -0.4 is 0 Å². The smallest absolute Gasteiger partial charge is 0.289 e. The van der Waals surface area contributed by atoms with Crippen LogP contribution >= 0.6 is 0 Å². The maximum Gasteiger partial charge on any atom is 0.417 e. The van der Waals surface area contributed by atoms with Gasteiger partial charge in [-0.05, 0) is 37.0 Å². The second kappa shape index (κ2) is 6.32. The lowest BCUT2D eigenvalue weighted by molar-refractivity contribution is -0.137. The molecule has 8 heteroatoms. The third-order valence-corrected chi connectivity index (χ3v) is 4.87. The minimum absolute atomic E-state index is 0.0118. The van der Waals surface area contributed by atoms with E-state index in [0.29, 0.717) is 25.1 Å². The Morgan fingerprint density at radius 1 is 1.04 bits per heavy atom. The Hall–Kier alpha value is -2.90. The normalized spacial score (nSPS) is 17.2. The quantitative estimate of drug-likeness (QED) is 0.710. The van der Waals surface area contributed by atoms with Crippen molar-refractivity contribution in [3.05, 3.63) is 75.6 Å². The van der Waals surface area contributed by atoms with E-state index in [2.05, 4.69) is 4.98 Å². The molecule has 1 heterocycles. The van der Waals surface area contributed by atoms with Crippen LogP contribution in [0.15, 0.2) is 41.6 Å². The van der Waals surface area contributed by atoms with E-state index in [1.807, 2.05) is 0 Å². The number of carbonyl (C=O) groups is 2. The van der Waals surface area contributed by atoms with Crippen molar-refractivity contribution in [2.75, 3.05) is 0 Å². The number of aromatic nitrogens is 1. The summed E-state index contributed by atoms with van der Waals surface area (Å²) < 4.78 is 65.8. The summed E-state index contributed by atoms with van der Waals surface area (Å²) in [5.41, 5.74) is -1.41. The van der Waals surface area contributed by atoms with Crippen molar-refractivity contribution in [2.45, 2.75) is 25.4 Å². The van der Waals surface area contributed by atoms with Gasteiger partial charge in [0.25, 0.3) is 0 Å². The number of hydrogen-bond acceptors (Lipinski definition) is 3. The van der Waals surface area contributed by atoms with Crippen molar-refractivity contribution < 1.29 is 31.5 Å². The Morgan fingerprint density at radius 2 is 1.75 bits per heavy atom. The SMILES string of the molecule is O=C1C(C2CC2)=C(Cc2ccc(C(F)(F)F)cn2)C(=O)c2c(F)cc(F)cc21. The van der Waals surface area contributed by atoms with E-state index in [1.54, 1.807) is 0 Å². The van der Waals surface area contributed by atoms with Crippen LogP contribution in [-0.4, -0.2) is 16.6 Å². The highest BCUT2D eigenvalue weighted by Crippen LogP contribution is 2.44. The molecule has 1 fully saturated rings. The number of pyridine rings is 1. The van der Waals surface area contributed by atoms with Crippen molar-refractivity contribution >= 4 is 11.6 Å². The molecular weight excluding hydrogens is 381 g/mol. The summed E-state index contributed by atoms with van der Waals surface area (Å²) in [7, 11) is 0.